The Bertz CT molecular complexity index is 534. The molecule has 0 amide bonds. The van der Waals surface area contributed by atoms with E-state index < -0.39 is 0 Å². The summed E-state index contributed by atoms with van der Waals surface area (Å²) in [6, 6.07) is 0. The average Bonchev–Trinajstić information content (AvgIpc) is 3.02. The quantitative estimate of drug-likeness (QED) is 0.443. The third kappa shape index (κ3) is 3.41. The molecule has 0 N–H and O–H groups in total. The fourth-order valence-corrected chi connectivity index (χ4v) is 9.33. The highest BCUT2D eigenvalue weighted by molar-refractivity contribution is 5.09. The molecule has 6 unspecified atom stereocenters. The van der Waals surface area contributed by atoms with E-state index in [0.717, 1.165) is 47.3 Å². The molecule has 0 spiro atoms. The molecular weight excluding hydrogens is 336 g/mol. The first-order chi connectivity index (χ1) is 13.3. The van der Waals surface area contributed by atoms with Crippen LogP contribution in [0.1, 0.15) is 119 Å². The monoisotopic (exact) mass is 386 g/mol. The van der Waals surface area contributed by atoms with E-state index in [1.165, 1.54) is 25.7 Å². The lowest BCUT2D eigenvalue weighted by Gasteiger charge is -2.61. The van der Waals surface area contributed by atoms with Gasteiger partial charge in [-0.2, -0.15) is 0 Å². The van der Waals surface area contributed by atoms with Crippen molar-refractivity contribution in [3.63, 3.8) is 0 Å². The SMILES string of the molecule is CC(C)C(C)CC[C@H](C)C1CCC2C3CCC4CCCC[C@@]4(C)C3CC[C@]21C. The Balaban J connectivity index is 1.46. The predicted molar refractivity (Wildman–Crippen MR) is 122 cm³/mol. The average molecular weight is 387 g/mol. The van der Waals surface area contributed by atoms with Crippen LogP contribution in [0.25, 0.3) is 0 Å². The van der Waals surface area contributed by atoms with Crippen LogP contribution in [0.15, 0.2) is 0 Å². The highest BCUT2D eigenvalue weighted by atomic mass is 14.6. The van der Waals surface area contributed by atoms with Crippen LogP contribution in [0, 0.1) is 58.2 Å². The van der Waals surface area contributed by atoms with Gasteiger partial charge in [-0.3, -0.25) is 0 Å². The third-order valence-corrected chi connectivity index (χ3v) is 11.6. The molecule has 0 aliphatic heterocycles. The van der Waals surface area contributed by atoms with Gasteiger partial charge >= 0.3 is 0 Å². The second-order valence-corrected chi connectivity index (χ2v) is 12.9. The maximum atomic E-state index is 2.75. The summed E-state index contributed by atoms with van der Waals surface area (Å²) in [5.41, 5.74) is 1.37. The van der Waals surface area contributed by atoms with Gasteiger partial charge in [0.05, 0.1) is 0 Å². The van der Waals surface area contributed by atoms with E-state index in [9.17, 15) is 0 Å². The molecule has 0 heteroatoms. The second-order valence-electron chi connectivity index (χ2n) is 12.9. The fourth-order valence-electron chi connectivity index (χ4n) is 9.33. The van der Waals surface area contributed by atoms with E-state index in [4.69, 9.17) is 0 Å². The molecule has 4 aliphatic rings. The molecule has 0 aromatic rings. The van der Waals surface area contributed by atoms with E-state index in [1.54, 1.807) is 51.4 Å². The Morgan fingerprint density at radius 2 is 1.46 bits per heavy atom. The van der Waals surface area contributed by atoms with E-state index in [1.807, 2.05) is 0 Å². The molecule has 0 nitrogen and oxygen atoms in total. The van der Waals surface area contributed by atoms with Gasteiger partial charge in [-0.25, -0.2) is 0 Å². The molecule has 0 bridgehead atoms. The molecule has 162 valence electrons. The van der Waals surface area contributed by atoms with Gasteiger partial charge in [-0.15, -0.1) is 0 Å². The van der Waals surface area contributed by atoms with Crippen molar-refractivity contribution in [1.82, 2.24) is 0 Å². The van der Waals surface area contributed by atoms with E-state index in [-0.39, 0.29) is 0 Å². The Morgan fingerprint density at radius 3 is 2.21 bits per heavy atom. The van der Waals surface area contributed by atoms with Crippen molar-refractivity contribution in [2.24, 2.45) is 58.2 Å². The Labute approximate surface area is 177 Å². The summed E-state index contributed by atoms with van der Waals surface area (Å²) in [6.45, 7) is 15.4. The summed E-state index contributed by atoms with van der Waals surface area (Å²) in [5, 5.41) is 0. The lowest BCUT2D eigenvalue weighted by atomic mass is 9.44. The molecule has 0 aromatic carbocycles. The smallest absolute Gasteiger partial charge is 0.0264 e. The highest BCUT2D eigenvalue weighted by Gasteiger charge is 2.60. The summed E-state index contributed by atoms with van der Waals surface area (Å²) >= 11 is 0. The number of hydrogen-bond acceptors (Lipinski definition) is 0. The first kappa shape index (κ1) is 21.2. The van der Waals surface area contributed by atoms with Crippen LogP contribution in [0.2, 0.25) is 0 Å². The molecule has 4 aliphatic carbocycles. The van der Waals surface area contributed by atoms with Crippen molar-refractivity contribution in [2.45, 2.75) is 119 Å². The molecule has 4 saturated carbocycles. The zero-order valence-electron chi connectivity index (χ0n) is 20.1. The van der Waals surface area contributed by atoms with Crippen LogP contribution in [-0.4, -0.2) is 0 Å². The van der Waals surface area contributed by atoms with E-state index in [2.05, 4.69) is 41.5 Å². The van der Waals surface area contributed by atoms with Crippen molar-refractivity contribution in [3.05, 3.63) is 0 Å². The standard InChI is InChI=1S/C28H50/c1-19(2)20(3)10-11-21(4)24-14-15-25-23-13-12-22-9-7-8-17-27(22,5)26(23)16-18-28(24,25)6/h19-26H,7-18H2,1-6H3/t20?,21-,22?,23?,24?,25?,26?,27+,28-/m0/s1. The summed E-state index contributed by atoms with van der Waals surface area (Å²) in [4.78, 5) is 0. The van der Waals surface area contributed by atoms with Gasteiger partial charge in [0.2, 0.25) is 0 Å². The number of rotatable bonds is 5. The van der Waals surface area contributed by atoms with Crippen LogP contribution in [0.5, 0.6) is 0 Å². The van der Waals surface area contributed by atoms with Gasteiger partial charge in [0.25, 0.3) is 0 Å². The molecule has 0 heterocycles. The van der Waals surface area contributed by atoms with Crippen LogP contribution < -0.4 is 0 Å². The molecule has 4 fully saturated rings. The van der Waals surface area contributed by atoms with Gasteiger partial charge in [0.15, 0.2) is 0 Å². The summed E-state index contributed by atoms with van der Waals surface area (Å²) in [5.74, 6) is 7.96. The Hall–Kier alpha value is 0. The minimum atomic E-state index is 0.666. The van der Waals surface area contributed by atoms with Gasteiger partial charge in [0, 0.05) is 0 Å². The maximum Gasteiger partial charge on any atom is -0.0264 e. The van der Waals surface area contributed by atoms with Crippen LogP contribution in [-0.2, 0) is 0 Å². The third-order valence-electron chi connectivity index (χ3n) is 11.6. The van der Waals surface area contributed by atoms with Crippen molar-refractivity contribution in [3.8, 4) is 0 Å². The zero-order chi connectivity index (χ0) is 20.1. The lowest BCUT2D eigenvalue weighted by Crippen LogP contribution is -2.53. The molecule has 0 saturated heterocycles. The fraction of sp³-hybridized carbons (Fsp3) is 1.00. The van der Waals surface area contributed by atoms with Gasteiger partial charge < -0.3 is 0 Å². The van der Waals surface area contributed by atoms with Crippen molar-refractivity contribution < 1.29 is 0 Å². The summed E-state index contributed by atoms with van der Waals surface area (Å²) in [7, 11) is 0. The molecule has 0 aromatic heterocycles. The van der Waals surface area contributed by atoms with E-state index in [0.29, 0.717) is 10.8 Å². The van der Waals surface area contributed by atoms with Gasteiger partial charge in [-0.1, -0.05) is 67.2 Å². The van der Waals surface area contributed by atoms with Crippen molar-refractivity contribution in [2.75, 3.05) is 0 Å². The Kier molecular flexibility index (Phi) is 6.01. The van der Waals surface area contributed by atoms with Crippen LogP contribution in [0.4, 0.5) is 0 Å². The largest absolute Gasteiger partial charge is 0.0625 e. The minimum Gasteiger partial charge on any atom is -0.0625 e. The van der Waals surface area contributed by atoms with Crippen LogP contribution in [0.3, 0.4) is 0 Å². The first-order valence-corrected chi connectivity index (χ1v) is 13.3. The first-order valence-electron chi connectivity index (χ1n) is 13.3. The summed E-state index contributed by atoms with van der Waals surface area (Å²) < 4.78 is 0. The topological polar surface area (TPSA) is 0 Å². The zero-order valence-corrected chi connectivity index (χ0v) is 20.1. The molecular formula is C28H50. The lowest BCUT2D eigenvalue weighted by molar-refractivity contribution is -0.114. The van der Waals surface area contributed by atoms with Gasteiger partial charge in [-0.05, 0) is 110 Å². The predicted octanol–water partition coefficient (Wildman–Crippen LogP) is 8.74. The Morgan fingerprint density at radius 1 is 0.714 bits per heavy atom. The molecule has 0 radical (unpaired) electrons. The normalized spacial score (nSPS) is 47.9. The van der Waals surface area contributed by atoms with Crippen molar-refractivity contribution in [1.29, 1.82) is 0 Å². The van der Waals surface area contributed by atoms with Crippen molar-refractivity contribution >= 4 is 0 Å². The number of fused-ring (bicyclic) bond motifs is 5. The molecule has 4 rings (SSSR count). The molecule has 28 heavy (non-hydrogen) atoms. The van der Waals surface area contributed by atoms with Crippen LogP contribution >= 0.6 is 0 Å². The maximum absolute atomic E-state index is 2.75. The van der Waals surface area contributed by atoms with Gasteiger partial charge in [0.1, 0.15) is 0 Å². The number of hydrogen-bond donors (Lipinski definition) is 0. The molecule has 9 atom stereocenters. The minimum absolute atomic E-state index is 0.666. The second kappa shape index (κ2) is 7.92. The van der Waals surface area contributed by atoms with E-state index >= 15 is 0 Å². The highest BCUT2D eigenvalue weighted by Crippen LogP contribution is 2.68. The summed E-state index contributed by atoms with van der Waals surface area (Å²) in [6.07, 6.45) is 18.4.